The van der Waals surface area contributed by atoms with Crippen molar-refractivity contribution in [2.45, 2.75) is 0 Å². The fraction of sp³-hybridized carbons (Fsp3) is 0. The second-order valence-electron chi connectivity index (χ2n) is 15.5. The van der Waals surface area contributed by atoms with E-state index in [-0.39, 0.29) is 0 Å². The van der Waals surface area contributed by atoms with E-state index in [1.165, 1.54) is 43.7 Å². The third-order valence-electron chi connectivity index (χ3n) is 12.3. The highest BCUT2D eigenvalue weighted by Crippen LogP contribution is 2.51. The van der Waals surface area contributed by atoms with Crippen LogP contribution in [-0.2, 0) is 0 Å². The van der Waals surface area contributed by atoms with Gasteiger partial charge >= 0.3 is 0 Å². The summed E-state index contributed by atoms with van der Waals surface area (Å²) in [6.07, 6.45) is 0. The molecule has 0 saturated carbocycles. The van der Waals surface area contributed by atoms with Crippen molar-refractivity contribution in [3.63, 3.8) is 0 Å². The fourth-order valence-electron chi connectivity index (χ4n) is 9.72. The minimum Gasteiger partial charge on any atom is -0.456 e. The zero-order valence-corrected chi connectivity index (χ0v) is 31.8. The minimum atomic E-state index is 0.857. The van der Waals surface area contributed by atoms with Gasteiger partial charge in [0.1, 0.15) is 17.3 Å². The molecule has 0 amide bonds. The van der Waals surface area contributed by atoms with Crippen molar-refractivity contribution in [3.8, 4) is 56.4 Å². The van der Waals surface area contributed by atoms with Crippen molar-refractivity contribution in [1.82, 2.24) is 14.1 Å². The number of rotatable bonds is 4. The van der Waals surface area contributed by atoms with Gasteiger partial charge in [0.05, 0.1) is 27.6 Å². The molecule has 0 atom stereocenters. The van der Waals surface area contributed by atoms with E-state index in [2.05, 4.69) is 203 Å². The molecule has 9 aromatic carbocycles. The molecule has 12 aromatic rings. The first-order valence-electron chi connectivity index (χ1n) is 20.1. The number of hydrogen-bond donors (Lipinski definition) is 0. The highest BCUT2D eigenvalue weighted by molar-refractivity contribution is 6.26. The molecule has 59 heavy (non-hydrogen) atoms. The summed E-state index contributed by atoms with van der Waals surface area (Å²) in [5, 5.41) is 8.25. The van der Waals surface area contributed by atoms with Crippen LogP contribution in [-0.4, -0.2) is 14.1 Å². The summed E-state index contributed by atoms with van der Waals surface area (Å²) >= 11 is 0. The molecular formula is C55H33N3O. The lowest BCUT2D eigenvalue weighted by Crippen LogP contribution is -2.01. The van der Waals surface area contributed by atoms with Crippen molar-refractivity contribution in [3.05, 3.63) is 200 Å². The second kappa shape index (κ2) is 12.3. The minimum absolute atomic E-state index is 0.857. The van der Waals surface area contributed by atoms with Gasteiger partial charge in [0.25, 0.3) is 0 Å². The maximum Gasteiger partial charge on any atom is 0.138 e. The van der Waals surface area contributed by atoms with Crippen molar-refractivity contribution in [1.29, 1.82) is 0 Å². The smallest absolute Gasteiger partial charge is 0.138 e. The summed E-state index contributed by atoms with van der Waals surface area (Å²) in [4.78, 5) is 5.40. The van der Waals surface area contributed by atoms with Crippen LogP contribution in [0.2, 0.25) is 0 Å². The molecule has 0 saturated heterocycles. The molecule has 0 N–H and O–H groups in total. The van der Waals surface area contributed by atoms with E-state index in [0.717, 1.165) is 78.0 Å². The van der Waals surface area contributed by atoms with Gasteiger partial charge in [-0.2, -0.15) is 0 Å². The quantitative estimate of drug-likeness (QED) is 0.179. The standard InChI is InChI=1S/C55H33N3O/c1-3-14-34(15-4-1)43-32-53(56-46-23-10-7-18-38(43)46)58-49-29-27-36(35-26-28-48-44(30-35)39-19-8-11-24-47(39)57(48)37-16-5-2-6-17-37)31-45(49)54-42-22-13-21-41-40-20-9-12-25-51(40)59-52(55(41)42)33-50(54)58/h1-33H. The molecule has 274 valence electrons. The lowest BCUT2D eigenvalue weighted by atomic mass is 9.92. The van der Waals surface area contributed by atoms with Crippen LogP contribution in [0.15, 0.2) is 200 Å². The van der Waals surface area contributed by atoms with Gasteiger partial charge in [-0.15, -0.1) is 0 Å². The molecule has 4 nitrogen and oxygen atoms in total. The van der Waals surface area contributed by atoms with Crippen molar-refractivity contribution >= 4 is 65.3 Å². The third-order valence-corrected chi connectivity index (χ3v) is 12.3. The van der Waals surface area contributed by atoms with Gasteiger partial charge in [-0.05, 0) is 93.9 Å². The molecule has 0 unspecified atom stereocenters. The summed E-state index contributed by atoms with van der Waals surface area (Å²) in [5.41, 5.74) is 13.6. The lowest BCUT2D eigenvalue weighted by molar-refractivity contribution is 0.487. The molecular weight excluding hydrogens is 719 g/mol. The number of hydrogen-bond acceptors (Lipinski definition) is 2. The zero-order valence-electron chi connectivity index (χ0n) is 31.8. The third kappa shape index (κ3) is 4.69. The Labute approximate surface area is 339 Å². The average molecular weight is 752 g/mol. The predicted octanol–water partition coefficient (Wildman–Crippen LogP) is 14.7. The monoisotopic (exact) mass is 751 g/mol. The Kier molecular flexibility index (Phi) is 6.69. The summed E-state index contributed by atoms with van der Waals surface area (Å²) in [6.45, 7) is 0. The Morgan fingerprint density at radius 3 is 1.83 bits per heavy atom. The molecule has 1 aliphatic heterocycles. The van der Waals surface area contributed by atoms with Gasteiger partial charge in [0.15, 0.2) is 0 Å². The normalized spacial score (nSPS) is 12.2. The first-order valence-corrected chi connectivity index (χ1v) is 20.1. The Hall–Kier alpha value is -7.95. The maximum absolute atomic E-state index is 6.78. The lowest BCUT2D eigenvalue weighted by Gasteiger charge is -2.22. The van der Waals surface area contributed by atoms with E-state index in [9.17, 15) is 0 Å². The Balaban J connectivity index is 1.11. The number of fused-ring (bicyclic) bond motifs is 10. The number of benzene rings is 9. The molecule has 13 rings (SSSR count). The second-order valence-corrected chi connectivity index (χ2v) is 15.5. The first kappa shape index (κ1) is 32.2. The topological polar surface area (TPSA) is 32.0 Å². The Morgan fingerprint density at radius 2 is 0.983 bits per heavy atom. The molecule has 3 aromatic heterocycles. The van der Waals surface area contributed by atoms with E-state index < -0.39 is 0 Å². The first-order chi connectivity index (χ1) is 29.3. The van der Waals surface area contributed by atoms with Crippen LogP contribution in [0.25, 0.3) is 110 Å². The SMILES string of the molecule is c1ccc(-c2cc(-n3c4ccc(-c5ccc6c(c5)c5ccccc5n6-c5ccccc5)cc4c4c5cccc6c5c(cc43)Oc3ccccc3-6)nc3ccccc23)cc1. The molecule has 4 heterocycles. The predicted molar refractivity (Wildman–Crippen MR) is 244 cm³/mol. The molecule has 0 radical (unpaired) electrons. The van der Waals surface area contributed by atoms with Crippen molar-refractivity contribution in [2.75, 3.05) is 0 Å². The van der Waals surface area contributed by atoms with Gasteiger partial charge in [0, 0.05) is 49.6 Å². The van der Waals surface area contributed by atoms with Gasteiger partial charge in [-0.25, -0.2) is 4.98 Å². The summed E-state index contributed by atoms with van der Waals surface area (Å²) in [7, 11) is 0. The fourth-order valence-corrected chi connectivity index (χ4v) is 9.72. The molecule has 4 heteroatoms. The number of ether oxygens (including phenoxy) is 1. The maximum atomic E-state index is 6.78. The Bertz CT molecular complexity index is 3690. The molecule has 0 spiro atoms. The molecule has 0 aliphatic carbocycles. The van der Waals surface area contributed by atoms with Crippen molar-refractivity contribution in [2.24, 2.45) is 0 Å². The van der Waals surface area contributed by atoms with E-state index >= 15 is 0 Å². The zero-order chi connectivity index (χ0) is 38.6. The van der Waals surface area contributed by atoms with Crippen LogP contribution in [0.1, 0.15) is 0 Å². The number of para-hydroxylation sites is 4. The molecule has 0 bridgehead atoms. The van der Waals surface area contributed by atoms with Gasteiger partial charge in [-0.3, -0.25) is 4.57 Å². The van der Waals surface area contributed by atoms with Crippen LogP contribution in [0.5, 0.6) is 11.5 Å². The van der Waals surface area contributed by atoms with Gasteiger partial charge in [-0.1, -0.05) is 133 Å². The largest absolute Gasteiger partial charge is 0.456 e. The van der Waals surface area contributed by atoms with Crippen LogP contribution in [0, 0.1) is 0 Å². The van der Waals surface area contributed by atoms with Crippen molar-refractivity contribution < 1.29 is 4.74 Å². The summed E-state index contributed by atoms with van der Waals surface area (Å²) < 4.78 is 11.5. The molecule has 0 fully saturated rings. The van der Waals surface area contributed by atoms with Gasteiger partial charge < -0.3 is 9.30 Å². The van der Waals surface area contributed by atoms with Crippen LogP contribution in [0.4, 0.5) is 0 Å². The van der Waals surface area contributed by atoms with E-state index in [1.807, 2.05) is 6.07 Å². The number of pyridine rings is 1. The summed E-state index contributed by atoms with van der Waals surface area (Å²) in [5.74, 6) is 2.59. The number of nitrogens with zero attached hydrogens (tertiary/aromatic N) is 3. The number of aromatic nitrogens is 3. The van der Waals surface area contributed by atoms with Crippen LogP contribution < -0.4 is 4.74 Å². The highest BCUT2D eigenvalue weighted by Gasteiger charge is 2.26. The molecule has 1 aliphatic rings. The van der Waals surface area contributed by atoms with Gasteiger partial charge in [0.2, 0.25) is 0 Å². The van der Waals surface area contributed by atoms with E-state index in [4.69, 9.17) is 9.72 Å². The van der Waals surface area contributed by atoms with E-state index in [1.54, 1.807) is 0 Å². The average Bonchev–Trinajstić information content (AvgIpc) is 3.81. The van der Waals surface area contributed by atoms with Crippen LogP contribution in [0.3, 0.4) is 0 Å². The van der Waals surface area contributed by atoms with Crippen LogP contribution >= 0.6 is 0 Å². The highest BCUT2D eigenvalue weighted by atomic mass is 16.5. The Morgan fingerprint density at radius 1 is 0.339 bits per heavy atom. The van der Waals surface area contributed by atoms with E-state index in [0.29, 0.717) is 0 Å². The summed E-state index contributed by atoms with van der Waals surface area (Å²) in [6, 6.07) is 71.9.